The van der Waals surface area contributed by atoms with Gasteiger partial charge in [0.05, 0.1) is 18.4 Å². The van der Waals surface area contributed by atoms with E-state index in [2.05, 4.69) is 15.3 Å². The number of rotatable bonds is 5. The van der Waals surface area contributed by atoms with Gasteiger partial charge in [-0.05, 0) is 23.3 Å². The van der Waals surface area contributed by atoms with E-state index in [1.54, 1.807) is 7.11 Å². The maximum Gasteiger partial charge on any atom is 0.144 e. The lowest BCUT2D eigenvalue weighted by atomic mass is 10.0. The van der Waals surface area contributed by atoms with Crippen molar-refractivity contribution in [2.24, 2.45) is 0 Å². The van der Waals surface area contributed by atoms with Crippen molar-refractivity contribution in [3.05, 3.63) is 60.4 Å². The van der Waals surface area contributed by atoms with E-state index in [9.17, 15) is 0 Å². The van der Waals surface area contributed by atoms with E-state index >= 15 is 0 Å². The largest absolute Gasteiger partial charge is 0.495 e. The van der Waals surface area contributed by atoms with Gasteiger partial charge in [0.1, 0.15) is 23.7 Å². The molecule has 3 aromatic rings. The van der Waals surface area contributed by atoms with Gasteiger partial charge in [-0.15, -0.1) is 0 Å². The number of benzene rings is 2. The Hall–Kier alpha value is -3.41. The summed E-state index contributed by atoms with van der Waals surface area (Å²) in [7, 11) is 1.61. The number of nitrogens with two attached hydrogens (primary N) is 1. The van der Waals surface area contributed by atoms with Gasteiger partial charge >= 0.3 is 0 Å². The van der Waals surface area contributed by atoms with Crippen molar-refractivity contribution in [3.8, 4) is 16.9 Å². The van der Waals surface area contributed by atoms with Crippen LogP contribution in [0.2, 0.25) is 0 Å². The predicted octanol–water partition coefficient (Wildman–Crippen LogP) is 3.48. The molecule has 6 nitrogen and oxygen atoms in total. The van der Waals surface area contributed by atoms with Crippen LogP contribution in [0.5, 0.6) is 5.75 Å². The number of nitrogens with one attached hydrogen (secondary N) is 2. The third kappa shape index (κ3) is 3.03. The zero-order valence-corrected chi connectivity index (χ0v) is 13.2. The normalized spacial score (nSPS) is 10.2. The van der Waals surface area contributed by atoms with Gasteiger partial charge in [-0.2, -0.15) is 0 Å². The van der Waals surface area contributed by atoms with Crippen LogP contribution in [0, 0.1) is 5.41 Å². The molecule has 1 aromatic heterocycles. The van der Waals surface area contributed by atoms with Crippen LogP contribution in [0.15, 0.2) is 54.9 Å². The van der Waals surface area contributed by atoms with E-state index in [0.29, 0.717) is 17.1 Å². The molecule has 0 bridgehead atoms. The molecule has 0 saturated heterocycles. The molecule has 0 atom stereocenters. The van der Waals surface area contributed by atoms with E-state index in [1.165, 1.54) is 6.33 Å². The first-order chi connectivity index (χ1) is 11.7. The van der Waals surface area contributed by atoms with E-state index in [-0.39, 0.29) is 5.82 Å². The Morgan fingerprint density at radius 1 is 1.08 bits per heavy atom. The van der Waals surface area contributed by atoms with Crippen LogP contribution in [-0.4, -0.2) is 23.3 Å². The molecule has 120 valence electrons. The van der Waals surface area contributed by atoms with E-state index < -0.39 is 0 Å². The van der Waals surface area contributed by atoms with Crippen LogP contribution in [0.1, 0.15) is 5.56 Å². The zero-order chi connectivity index (χ0) is 16.9. The summed E-state index contributed by atoms with van der Waals surface area (Å²) >= 11 is 0. The zero-order valence-electron chi connectivity index (χ0n) is 13.2. The molecule has 24 heavy (non-hydrogen) atoms. The number of aromatic nitrogens is 2. The van der Waals surface area contributed by atoms with Crippen molar-refractivity contribution in [1.29, 1.82) is 5.41 Å². The Morgan fingerprint density at radius 2 is 1.88 bits per heavy atom. The number of methoxy groups -OCH3 is 1. The van der Waals surface area contributed by atoms with Gasteiger partial charge in [-0.3, -0.25) is 0 Å². The molecule has 6 heteroatoms. The fraction of sp³-hybridized carbons (Fsp3) is 0.0556. The minimum atomic E-state index is 0.251. The smallest absolute Gasteiger partial charge is 0.144 e. The molecular weight excluding hydrogens is 302 g/mol. The number of hydrogen-bond donors (Lipinski definition) is 3. The van der Waals surface area contributed by atoms with Crippen molar-refractivity contribution in [2.45, 2.75) is 0 Å². The maximum atomic E-state index is 7.51. The predicted molar refractivity (Wildman–Crippen MR) is 96.0 cm³/mol. The topological polar surface area (TPSA) is 96.9 Å². The van der Waals surface area contributed by atoms with Crippen molar-refractivity contribution in [1.82, 2.24) is 9.97 Å². The Balaban J connectivity index is 2.04. The standard InChI is InChI=1S/C18H17N5O/c1-24-16-8-7-13(12-5-3-2-4-6-12)9-15(16)23-18-14(10-19)17(20)21-11-22-18/h2-11,19H,1H3,(H3,20,21,22,23). The molecule has 0 spiro atoms. The Bertz CT molecular complexity index is 865. The summed E-state index contributed by atoms with van der Waals surface area (Å²) in [5.74, 6) is 1.38. The van der Waals surface area contributed by atoms with Crippen molar-refractivity contribution in [2.75, 3.05) is 18.2 Å². The Kier molecular flexibility index (Phi) is 4.38. The molecule has 0 amide bonds. The summed E-state index contributed by atoms with van der Waals surface area (Å²) in [6, 6.07) is 15.9. The van der Waals surface area contributed by atoms with Gasteiger partial charge in [-0.1, -0.05) is 36.4 Å². The first kappa shape index (κ1) is 15.5. The lowest BCUT2D eigenvalue weighted by molar-refractivity contribution is 0.417. The summed E-state index contributed by atoms with van der Waals surface area (Å²) < 4.78 is 5.42. The SMILES string of the molecule is COc1ccc(-c2ccccc2)cc1Nc1ncnc(N)c1C=N. The lowest BCUT2D eigenvalue weighted by Crippen LogP contribution is -2.05. The molecule has 0 aliphatic rings. The van der Waals surface area contributed by atoms with Gasteiger partial charge in [0, 0.05) is 6.21 Å². The first-order valence-electron chi connectivity index (χ1n) is 7.34. The van der Waals surface area contributed by atoms with Crippen molar-refractivity contribution >= 4 is 23.5 Å². The van der Waals surface area contributed by atoms with Gasteiger partial charge < -0.3 is 21.2 Å². The highest BCUT2D eigenvalue weighted by Crippen LogP contribution is 2.33. The highest BCUT2D eigenvalue weighted by molar-refractivity contribution is 5.91. The average molecular weight is 319 g/mol. The van der Waals surface area contributed by atoms with Gasteiger partial charge in [0.2, 0.25) is 0 Å². The van der Waals surface area contributed by atoms with Crippen molar-refractivity contribution in [3.63, 3.8) is 0 Å². The highest BCUT2D eigenvalue weighted by Gasteiger charge is 2.11. The van der Waals surface area contributed by atoms with Crippen LogP contribution in [-0.2, 0) is 0 Å². The van der Waals surface area contributed by atoms with Crippen LogP contribution in [0.25, 0.3) is 11.1 Å². The molecule has 4 N–H and O–H groups in total. The summed E-state index contributed by atoms with van der Waals surface area (Å²) in [6.07, 6.45) is 2.49. The fourth-order valence-electron chi connectivity index (χ4n) is 2.39. The molecule has 0 aliphatic heterocycles. The summed E-state index contributed by atoms with van der Waals surface area (Å²) in [5, 5.41) is 10.7. The quantitative estimate of drug-likeness (QED) is 0.626. The molecule has 0 saturated carbocycles. The molecule has 0 aliphatic carbocycles. The maximum absolute atomic E-state index is 7.51. The number of nitrogen functional groups attached to an aromatic ring is 1. The molecule has 1 heterocycles. The minimum Gasteiger partial charge on any atom is -0.495 e. The Labute approximate surface area is 139 Å². The molecule has 3 rings (SSSR count). The molecular formula is C18H17N5O. The monoisotopic (exact) mass is 319 g/mol. The molecule has 0 fully saturated rings. The summed E-state index contributed by atoms with van der Waals surface area (Å²) in [5.41, 5.74) is 9.11. The second kappa shape index (κ2) is 6.78. The van der Waals surface area contributed by atoms with Crippen LogP contribution in [0.4, 0.5) is 17.3 Å². The molecule has 0 radical (unpaired) electrons. The highest BCUT2D eigenvalue weighted by atomic mass is 16.5. The third-order valence-electron chi connectivity index (χ3n) is 3.62. The minimum absolute atomic E-state index is 0.251. The number of nitrogens with zero attached hydrogens (tertiary/aromatic N) is 2. The van der Waals surface area contributed by atoms with Gasteiger partial charge in [-0.25, -0.2) is 9.97 Å². The number of anilines is 3. The second-order valence-corrected chi connectivity index (χ2v) is 5.07. The number of ether oxygens (including phenoxy) is 1. The van der Waals surface area contributed by atoms with Crippen LogP contribution >= 0.6 is 0 Å². The van der Waals surface area contributed by atoms with E-state index in [1.807, 2.05) is 48.5 Å². The molecule has 0 unspecified atom stereocenters. The second-order valence-electron chi connectivity index (χ2n) is 5.07. The van der Waals surface area contributed by atoms with Crippen LogP contribution in [0.3, 0.4) is 0 Å². The molecule has 2 aromatic carbocycles. The lowest BCUT2D eigenvalue weighted by Gasteiger charge is -2.14. The third-order valence-corrected chi connectivity index (χ3v) is 3.62. The van der Waals surface area contributed by atoms with E-state index in [4.69, 9.17) is 15.9 Å². The van der Waals surface area contributed by atoms with E-state index in [0.717, 1.165) is 23.0 Å². The first-order valence-corrected chi connectivity index (χ1v) is 7.34. The summed E-state index contributed by atoms with van der Waals surface area (Å²) in [6.45, 7) is 0. The van der Waals surface area contributed by atoms with Crippen LogP contribution < -0.4 is 15.8 Å². The fourth-order valence-corrected chi connectivity index (χ4v) is 2.39. The van der Waals surface area contributed by atoms with Gasteiger partial charge in [0.25, 0.3) is 0 Å². The summed E-state index contributed by atoms with van der Waals surface area (Å²) in [4.78, 5) is 8.08. The number of hydrogen-bond acceptors (Lipinski definition) is 6. The van der Waals surface area contributed by atoms with Crippen molar-refractivity contribution < 1.29 is 4.74 Å². The average Bonchev–Trinajstić information content (AvgIpc) is 2.62. The van der Waals surface area contributed by atoms with Gasteiger partial charge in [0.15, 0.2) is 0 Å². The Morgan fingerprint density at radius 3 is 2.58 bits per heavy atom.